The van der Waals surface area contributed by atoms with Gasteiger partial charge in [0.25, 0.3) is 5.69 Å². The highest BCUT2D eigenvalue weighted by molar-refractivity contribution is 5.78. The van der Waals surface area contributed by atoms with E-state index in [0.29, 0.717) is 22.7 Å². The van der Waals surface area contributed by atoms with Gasteiger partial charge in [-0.15, -0.1) is 0 Å². The van der Waals surface area contributed by atoms with Gasteiger partial charge in [-0.05, 0) is 29.8 Å². The molecule has 0 aliphatic heterocycles. The predicted octanol–water partition coefficient (Wildman–Crippen LogP) is 3.62. The molecule has 116 valence electrons. The number of phenolic OH excluding ortho intramolecular Hbond substituents is 1. The standard InChI is InChI=1S/C16H12N2O5/c1-22-15-5-2-10(8-13(15)19)3-7-16-17-12-9-11(18(20)21)4-6-14(12)23-16/h2-9,19H,1H3/b7-3+. The van der Waals surface area contributed by atoms with E-state index in [9.17, 15) is 15.2 Å². The van der Waals surface area contributed by atoms with Crippen LogP contribution in [0.5, 0.6) is 11.5 Å². The quantitative estimate of drug-likeness (QED) is 0.583. The largest absolute Gasteiger partial charge is 0.504 e. The summed E-state index contributed by atoms with van der Waals surface area (Å²) >= 11 is 0. The molecule has 0 fully saturated rings. The number of methoxy groups -OCH3 is 1. The van der Waals surface area contributed by atoms with Crippen molar-refractivity contribution < 1.29 is 19.2 Å². The van der Waals surface area contributed by atoms with Crippen molar-refractivity contribution in [2.75, 3.05) is 7.11 Å². The van der Waals surface area contributed by atoms with Crippen LogP contribution >= 0.6 is 0 Å². The zero-order valence-electron chi connectivity index (χ0n) is 12.1. The molecule has 0 saturated heterocycles. The summed E-state index contributed by atoms with van der Waals surface area (Å²) in [6.07, 6.45) is 3.32. The summed E-state index contributed by atoms with van der Waals surface area (Å²) in [6, 6.07) is 9.19. The number of non-ortho nitro benzene ring substituents is 1. The Labute approximate surface area is 130 Å². The fourth-order valence-corrected chi connectivity index (χ4v) is 2.10. The topological polar surface area (TPSA) is 98.6 Å². The van der Waals surface area contributed by atoms with Crippen molar-refractivity contribution in [2.24, 2.45) is 0 Å². The summed E-state index contributed by atoms with van der Waals surface area (Å²) < 4.78 is 10.5. The molecule has 23 heavy (non-hydrogen) atoms. The molecule has 0 aliphatic rings. The molecule has 0 amide bonds. The van der Waals surface area contributed by atoms with Crippen molar-refractivity contribution in [2.45, 2.75) is 0 Å². The first kappa shape index (κ1) is 14.6. The van der Waals surface area contributed by atoms with Crippen LogP contribution in [0.1, 0.15) is 11.5 Å². The SMILES string of the molecule is COc1ccc(/C=C/c2nc3cc([N+](=O)[O-])ccc3o2)cc1O. The molecular formula is C16H12N2O5. The second-order valence-electron chi connectivity index (χ2n) is 4.73. The zero-order valence-corrected chi connectivity index (χ0v) is 12.1. The maximum atomic E-state index is 10.7. The van der Waals surface area contributed by atoms with Gasteiger partial charge in [-0.1, -0.05) is 6.07 Å². The van der Waals surface area contributed by atoms with E-state index in [2.05, 4.69) is 4.98 Å². The number of nitrogens with zero attached hydrogens (tertiary/aromatic N) is 2. The second kappa shape index (κ2) is 5.80. The Kier molecular flexibility index (Phi) is 3.68. The lowest BCUT2D eigenvalue weighted by Crippen LogP contribution is -1.86. The molecular weight excluding hydrogens is 300 g/mol. The van der Waals surface area contributed by atoms with Crippen molar-refractivity contribution in [3.8, 4) is 11.5 Å². The number of aromatic nitrogens is 1. The summed E-state index contributed by atoms with van der Waals surface area (Å²) in [5.74, 6) is 0.731. The van der Waals surface area contributed by atoms with Gasteiger partial charge in [0.15, 0.2) is 17.1 Å². The van der Waals surface area contributed by atoms with Crippen molar-refractivity contribution in [1.29, 1.82) is 0 Å². The number of phenols is 1. The van der Waals surface area contributed by atoms with Crippen molar-refractivity contribution >= 4 is 28.9 Å². The van der Waals surface area contributed by atoms with Gasteiger partial charge >= 0.3 is 0 Å². The van der Waals surface area contributed by atoms with Gasteiger partial charge in [-0.3, -0.25) is 10.1 Å². The smallest absolute Gasteiger partial charge is 0.271 e. The Hall–Kier alpha value is -3.35. The molecule has 3 rings (SSSR count). The van der Waals surface area contributed by atoms with E-state index in [4.69, 9.17) is 9.15 Å². The summed E-state index contributed by atoms with van der Waals surface area (Å²) in [5, 5.41) is 20.5. The van der Waals surface area contributed by atoms with E-state index in [-0.39, 0.29) is 11.4 Å². The molecule has 2 aromatic carbocycles. The molecule has 0 aliphatic carbocycles. The van der Waals surface area contributed by atoms with Crippen LogP contribution in [0.3, 0.4) is 0 Å². The van der Waals surface area contributed by atoms with Crippen LogP contribution in [0.2, 0.25) is 0 Å². The fraction of sp³-hybridized carbons (Fsp3) is 0.0625. The lowest BCUT2D eigenvalue weighted by molar-refractivity contribution is -0.384. The first-order chi connectivity index (χ1) is 11.1. The van der Waals surface area contributed by atoms with Gasteiger partial charge < -0.3 is 14.3 Å². The minimum atomic E-state index is -0.482. The van der Waals surface area contributed by atoms with E-state index in [0.717, 1.165) is 5.56 Å². The lowest BCUT2D eigenvalue weighted by Gasteiger charge is -2.02. The van der Waals surface area contributed by atoms with Crippen LogP contribution in [0, 0.1) is 10.1 Å². The van der Waals surface area contributed by atoms with Gasteiger partial charge in [-0.25, -0.2) is 4.98 Å². The molecule has 1 N–H and O–H groups in total. The van der Waals surface area contributed by atoms with Gasteiger partial charge in [0.05, 0.1) is 12.0 Å². The highest BCUT2D eigenvalue weighted by Crippen LogP contribution is 2.27. The number of oxazole rings is 1. The second-order valence-corrected chi connectivity index (χ2v) is 4.73. The number of aromatic hydroxyl groups is 1. The molecule has 0 spiro atoms. The predicted molar refractivity (Wildman–Crippen MR) is 84.3 cm³/mol. The summed E-state index contributed by atoms with van der Waals surface area (Å²) in [7, 11) is 1.47. The molecule has 3 aromatic rings. The van der Waals surface area contributed by atoms with Crippen molar-refractivity contribution in [3.63, 3.8) is 0 Å². The average Bonchev–Trinajstić information content (AvgIpc) is 2.95. The maximum absolute atomic E-state index is 10.7. The van der Waals surface area contributed by atoms with Gasteiger partial charge in [-0.2, -0.15) is 0 Å². The molecule has 1 aromatic heterocycles. The molecule has 0 bridgehead atoms. The minimum Gasteiger partial charge on any atom is -0.504 e. The molecule has 0 unspecified atom stereocenters. The summed E-state index contributed by atoms with van der Waals surface area (Å²) in [4.78, 5) is 14.4. The number of nitro groups is 1. The van der Waals surface area contributed by atoms with Crippen LogP contribution in [-0.2, 0) is 0 Å². The van der Waals surface area contributed by atoms with E-state index in [1.165, 1.54) is 25.3 Å². The van der Waals surface area contributed by atoms with Crippen LogP contribution in [0.25, 0.3) is 23.3 Å². The van der Waals surface area contributed by atoms with Crippen molar-refractivity contribution in [3.05, 3.63) is 58.0 Å². The third kappa shape index (κ3) is 2.98. The van der Waals surface area contributed by atoms with Crippen LogP contribution in [-0.4, -0.2) is 22.1 Å². The monoisotopic (exact) mass is 312 g/mol. The average molecular weight is 312 g/mol. The lowest BCUT2D eigenvalue weighted by atomic mass is 10.2. The highest BCUT2D eigenvalue weighted by atomic mass is 16.6. The first-order valence-corrected chi connectivity index (χ1v) is 6.67. The number of hydrogen-bond donors (Lipinski definition) is 1. The van der Waals surface area contributed by atoms with Gasteiger partial charge in [0.2, 0.25) is 5.89 Å². The summed E-state index contributed by atoms with van der Waals surface area (Å²) in [5.41, 5.74) is 1.57. The van der Waals surface area contributed by atoms with E-state index < -0.39 is 4.92 Å². The third-order valence-electron chi connectivity index (χ3n) is 3.22. The molecule has 0 saturated carbocycles. The van der Waals surface area contributed by atoms with E-state index in [1.807, 2.05) is 0 Å². The van der Waals surface area contributed by atoms with Crippen LogP contribution < -0.4 is 4.74 Å². The van der Waals surface area contributed by atoms with Crippen LogP contribution in [0.4, 0.5) is 5.69 Å². The number of rotatable bonds is 4. The number of benzene rings is 2. The Bertz CT molecular complexity index is 914. The van der Waals surface area contributed by atoms with Crippen LogP contribution in [0.15, 0.2) is 40.8 Å². The molecule has 7 nitrogen and oxygen atoms in total. The number of ether oxygens (including phenoxy) is 1. The van der Waals surface area contributed by atoms with Crippen molar-refractivity contribution in [1.82, 2.24) is 4.98 Å². The molecule has 1 heterocycles. The van der Waals surface area contributed by atoms with E-state index >= 15 is 0 Å². The van der Waals surface area contributed by atoms with Gasteiger partial charge in [0, 0.05) is 18.2 Å². The van der Waals surface area contributed by atoms with E-state index in [1.54, 1.807) is 30.4 Å². The fourth-order valence-electron chi connectivity index (χ4n) is 2.10. The Morgan fingerprint density at radius 3 is 2.78 bits per heavy atom. The Morgan fingerprint density at radius 1 is 1.26 bits per heavy atom. The number of hydrogen-bond acceptors (Lipinski definition) is 6. The third-order valence-corrected chi connectivity index (χ3v) is 3.22. The zero-order chi connectivity index (χ0) is 16.4. The maximum Gasteiger partial charge on any atom is 0.271 e. The first-order valence-electron chi connectivity index (χ1n) is 6.67. The number of fused-ring (bicyclic) bond motifs is 1. The highest BCUT2D eigenvalue weighted by Gasteiger charge is 2.10. The van der Waals surface area contributed by atoms with Gasteiger partial charge in [0.1, 0.15) is 5.52 Å². The normalized spacial score (nSPS) is 11.2. The summed E-state index contributed by atoms with van der Waals surface area (Å²) in [6.45, 7) is 0. The Balaban J connectivity index is 1.88. The molecule has 7 heteroatoms. The minimum absolute atomic E-state index is 0.0304. The molecule has 0 radical (unpaired) electrons. The Morgan fingerprint density at radius 2 is 2.09 bits per heavy atom. The number of nitro benzene ring substituents is 1. The molecule has 0 atom stereocenters.